The topological polar surface area (TPSA) is 51.6 Å². The van der Waals surface area contributed by atoms with Crippen molar-refractivity contribution in [3.05, 3.63) is 53.0 Å². The van der Waals surface area contributed by atoms with Crippen molar-refractivity contribution in [3.63, 3.8) is 0 Å². The Balaban J connectivity index is 2.02. The highest BCUT2D eigenvalue weighted by Crippen LogP contribution is 2.34. The molecule has 3 rings (SSSR count). The molecule has 3 aromatic rings. The van der Waals surface area contributed by atoms with E-state index in [4.69, 9.17) is 9.47 Å². The Hall–Kier alpha value is -2.11. The molecular formula is C16H15NO3S. The largest absolute Gasteiger partial charge is 0.497 e. The van der Waals surface area contributed by atoms with E-state index in [1.54, 1.807) is 50.0 Å². The number of fused-ring (bicyclic) bond motifs is 1. The van der Waals surface area contributed by atoms with Crippen LogP contribution in [0.15, 0.2) is 41.9 Å². The van der Waals surface area contributed by atoms with Crippen molar-refractivity contribution in [2.75, 3.05) is 14.2 Å². The summed E-state index contributed by atoms with van der Waals surface area (Å²) >= 11 is 1.61. The summed E-state index contributed by atoms with van der Waals surface area (Å²) in [6.07, 6.45) is 0.911. The number of pyridine rings is 1. The second kappa shape index (κ2) is 5.71. The van der Waals surface area contributed by atoms with E-state index in [9.17, 15) is 5.11 Å². The van der Waals surface area contributed by atoms with Gasteiger partial charge in [-0.1, -0.05) is 0 Å². The Kier molecular flexibility index (Phi) is 3.77. The SMILES string of the molecule is COc1ccc(C(O)c2cnc3ccsc3c2)c(OC)c1. The summed E-state index contributed by atoms with van der Waals surface area (Å²) in [6, 6.07) is 9.29. The first kappa shape index (κ1) is 13.9. The van der Waals surface area contributed by atoms with Gasteiger partial charge in [-0.15, -0.1) is 11.3 Å². The molecule has 0 aliphatic heterocycles. The van der Waals surface area contributed by atoms with Crippen molar-refractivity contribution in [2.24, 2.45) is 0 Å². The molecule has 4 nitrogen and oxygen atoms in total. The van der Waals surface area contributed by atoms with E-state index in [0.29, 0.717) is 17.1 Å². The number of methoxy groups -OCH3 is 2. The summed E-state index contributed by atoms with van der Waals surface area (Å²) in [5.41, 5.74) is 2.38. The van der Waals surface area contributed by atoms with Crippen molar-refractivity contribution in [2.45, 2.75) is 6.10 Å². The van der Waals surface area contributed by atoms with Gasteiger partial charge in [0.2, 0.25) is 0 Å². The Morgan fingerprint density at radius 1 is 1.14 bits per heavy atom. The Morgan fingerprint density at radius 2 is 2.00 bits per heavy atom. The number of ether oxygens (including phenoxy) is 2. The fourth-order valence-corrected chi connectivity index (χ4v) is 3.02. The number of nitrogens with zero attached hydrogens (tertiary/aromatic N) is 1. The van der Waals surface area contributed by atoms with Gasteiger partial charge in [0.1, 0.15) is 17.6 Å². The van der Waals surface area contributed by atoms with Gasteiger partial charge in [-0.2, -0.15) is 0 Å². The molecule has 1 unspecified atom stereocenters. The fraction of sp³-hybridized carbons (Fsp3) is 0.188. The number of aromatic nitrogens is 1. The monoisotopic (exact) mass is 301 g/mol. The molecule has 0 saturated heterocycles. The molecule has 0 spiro atoms. The summed E-state index contributed by atoms with van der Waals surface area (Å²) < 4.78 is 11.6. The lowest BCUT2D eigenvalue weighted by molar-refractivity contribution is 0.214. The van der Waals surface area contributed by atoms with Gasteiger partial charge in [-0.3, -0.25) is 4.98 Å². The Morgan fingerprint density at radius 3 is 2.76 bits per heavy atom. The molecule has 0 bridgehead atoms. The third-order valence-corrected chi connectivity index (χ3v) is 4.23. The standard InChI is InChI=1S/C16H15NO3S/c1-19-11-3-4-12(14(8-11)20-2)16(18)10-7-15-13(17-9-10)5-6-21-15/h3-9,16,18H,1-2H3. The third kappa shape index (κ3) is 2.57. The van der Waals surface area contributed by atoms with Crippen molar-refractivity contribution < 1.29 is 14.6 Å². The van der Waals surface area contributed by atoms with Gasteiger partial charge in [-0.25, -0.2) is 0 Å². The minimum absolute atomic E-state index is 0.591. The van der Waals surface area contributed by atoms with E-state index in [1.807, 2.05) is 17.5 Å². The second-order valence-electron chi connectivity index (χ2n) is 4.58. The highest BCUT2D eigenvalue weighted by atomic mass is 32.1. The van der Waals surface area contributed by atoms with Gasteiger partial charge < -0.3 is 14.6 Å². The number of hydrogen-bond donors (Lipinski definition) is 1. The predicted octanol–water partition coefficient (Wildman–Crippen LogP) is 3.40. The average Bonchev–Trinajstić information content (AvgIpc) is 3.01. The van der Waals surface area contributed by atoms with Crippen LogP contribution in [0.3, 0.4) is 0 Å². The summed E-state index contributed by atoms with van der Waals surface area (Å²) in [4.78, 5) is 4.36. The van der Waals surface area contributed by atoms with Crippen molar-refractivity contribution in [3.8, 4) is 11.5 Å². The van der Waals surface area contributed by atoms with Gasteiger partial charge in [-0.05, 0) is 29.6 Å². The smallest absolute Gasteiger partial charge is 0.128 e. The second-order valence-corrected chi connectivity index (χ2v) is 5.53. The van der Waals surface area contributed by atoms with Crippen LogP contribution in [0.1, 0.15) is 17.2 Å². The molecule has 1 aromatic carbocycles. The summed E-state index contributed by atoms with van der Waals surface area (Å²) in [5.74, 6) is 1.28. The van der Waals surface area contributed by atoms with Gasteiger partial charge in [0.15, 0.2) is 0 Å². The predicted molar refractivity (Wildman–Crippen MR) is 83.2 cm³/mol. The van der Waals surface area contributed by atoms with E-state index in [-0.39, 0.29) is 0 Å². The molecule has 0 fully saturated rings. The number of benzene rings is 1. The summed E-state index contributed by atoms with van der Waals surface area (Å²) in [5, 5.41) is 12.6. The first-order valence-electron chi connectivity index (χ1n) is 6.46. The zero-order valence-corrected chi connectivity index (χ0v) is 12.6. The van der Waals surface area contributed by atoms with Crippen LogP contribution >= 0.6 is 11.3 Å². The number of hydrogen-bond acceptors (Lipinski definition) is 5. The number of aliphatic hydroxyl groups excluding tert-OH is 1. The molecule has 0 aliphatic carbocycles. The number of thiophene rings is 1. The lowest BCUT2D eigenvalue weighted by Gasteiger charge is -2.16. The molecule has 21 heavy (non-hydrogen) atoms. The first-order valence-corrected chi connectivity index (χ1v) is 7.34. The van der Waals surface area contributed by atoms with Crippen molar-refractivity contribution in [1.82, 2.24) is 4.98 Å². The lowest BCUT2D eigenvalue weighted by Crippen LogP contribution is -2.03. The van der Waals surface area contributed by atoms with Crippen LogP contribution in [0.4, 0.5) is 0 Å². The van der Waals surface area contributed by atoms with E-state index < -0.39 is 6.10 Å². The molecule has 0 radical (unpaired) electrons. The molecule has 0 aliphatic rings. The maximum atomic E-state index is 10.6. The maximum Gasteiger partial charge on any atom is 0.128 e. The normalized spacial score (nSPS) is 12.3. The van der Waals surface area contributed by atoms with Gasteiger partial charge in [0.25, 0.3) is 0 Å². The molecular weight excluding hydrogens is 286 g/mol. The van der Waals surface area contributed by atoms with Crippen molar-refractivity contribution in [1.29, 1.82) is 0 Å². The molecule has 2 heterocycles. The quantitative estimate of drug-likeness (QED) is 0.802. The minimum atomic E-state index is -0.787. The average molecular weight is 301 g/mol. The molecule has 0 amide bonds. The van der Waals surface area contributed by atoms with E-state index in [2.05, 4.69) is 4.98 Å². The molecule has 2 aromatic heterocycles. The van der Waals surface area contributed by atoms with E-state index in [0.717, 1.165) is 15.8 Å². The van der Waals surface area contributed by atoms with Crippen LogP contribution in [0.5, 0.6) is 11.5 Å². The zero-order chi connectivity index (χ0) is 14.8. The van der Waals surface area contributed by atoms with E-state index >= 15 is 0 Å². The van der Waals surface area contributed by atoms with Gasteiger partial charge >= 0.3 is 0 Å². The molecule has 0 saturated carbocycles. The van der Waals surface area contributed by atoms with Crippen LogP contribution in [0.25, 0.3) is 10.2 Å². The van der Waals surface area contributed by atoms with Crippen LogP contribution in [-0.4, -0.2) is 24.3 Å². The Labute approximate surface area is 126 Å². The minimum Gasteiger partial charge on any atom is -0.497 e. The Bertz CT molecular complexity index is 769. The summed E-state index contributed by atoms with van der Waals surface area (Å²) in [7, 11) is 3.17. The summed E-state index contributed by atoms with van der Waals surface area (Å²) in [6.45, 7) is 0. The molecule has 5 heteroatoms. The molecule has 1 N–H and O–H groups in total. The maximum absolute atomic E-state index is 10.6. The first-order chi connectivity index (χ1) is 10.2. The van der Waals surface area contributed by atoms with Crippen LogP contribution in [0, 0.1) is 0 Å². The zero-order valence-electron chi connectivity index (χ0n) is 11.7. The van der Waals surface area contributed by atoms with Crippen molar-refractivity contribution >= 4 is 21.6 Å². The molecule has 1 atom stereocenters. The van der Waals surface area contributed by atoms with Gasteiger partial charge in [0.05, 0.1) is 24.4 Å². The lowest BCUT2D eigenvalue weighted by atomic mass is 10.0. The molecule has 108 valence electrons. The fourth-order valence-electron chi connectivity index (χ4n) is 2.24. The van der Waals surface area contributed by atoms with Crippen LogP contribution in [0.2, 0.25) is 0 Å². The highest BCUT2D eigenvalue weighted by Gasteiger charge is 2.17. The highest BCUT2D eigenvalue weighted by molar-refractivity contribution is 7.17. The number of aliphatic hydroxyl groups is 1. The number of rotatable bonds is 4. The van der Waals surface area contributed by atoms with Crippen LogP contribution < -0.4 is 9.47 Å². The third-order valence-electron chi connectivity index (χ3n) is 3.37. The van der Waals surface area contributed by atoms with Crippen LogP contribution in [-0.2, 0) is 0 Å². The van der Waals surface area contributed by atoms with Gasteiger partial charge in [0, 0.05) is 23.4 Å². The van der Waals surface area contributed by atoms with E-state index in [1.165, 1.54) is 0 Å².